The highest BCUT2D eigenvalue weighted by atomic mass is 14.7. The van der Waals surface area contributed by atoms with Gasteiger partial charge in [0.2, 0.25) is 0 Å². The van der Waals surface area contributed by atoms with Gasteiger partial charge in [0, 0.05) is 5.54 Å². The first-order valence-electron chi connectivity index (χ1n) is 7.17. The maximum Gasteiger partial charge on any atom is 0.0192 e. The molecule has 0 heterocycles. The number of hydrogen-bond acceptors (Lipinski definition) is 1. The van der Waals surface area contributed by atoms with E-state index in [0.717, 1.165) is 19.3 Å². The lowest BCUT2D eigenvalue weighted by Gasteiger charge is -2.30. The summed E-state index contributed by atoms with van der Waals surface area (Å²) in [6.07, 6.45) is 5.64. The molecule has 0 aliphatic heterocycles. The van der Waals surface area contributed by atoms with Crippen molar-refractivity contribution in [1.29, 1.82) is 0 Å². The van der Waals surface area contributed by atoms with E-state index in [1.807, 2.05) is 0 Å². The number of benzene rings is 1. The first-order chi connectivity index (χ1) is 8.35. The second-order valence-electron chi connectivity index (χ2n) is 6.79. The molecule has 0 radical (unpaired) electrons. The van der Waals surface area contributed by atoms with Crippen LogP contribution in [0.4, 0.5) is 0 Å². The lowest BCUT2D eigenvalue weighted by Crippen LogP contribution is -2.41. The molecule has 102 valence electrons. The van der Waals surface area contributed by atoms with E-state index in [2.05, 4.69) is 58.0 Å². The fourth-order valence-corrected chi connectivity index (χ4v) is 2.36. The molecule has 0 bridgehead atoms. The van der Waals surface area contributed by atoms with Gasteiger partial charge in [-0.2, -0.15) is 0 Å². The van der Waals surface area contributed by atoms with E-state index >= 15 is 0 Å². The van der Waals surface area contributed by atoms with Crippen LogP contribution in [0, 0.1) is 5.41 Å². The van der Waals surface area contributed by atoms with Gasteiger partial charge in [0.05, 0.1) is 0 Å². The van der Waals surface area contributed by atoms with Crippen LogP contribution < -0.4 is 5.73 Å². The summed E-state index contributed by atoms with van der Waals surface area (Å²) in [7, 11) is 0. The lowest BCUT2D eigenvalue weighted by atomic mass is 9.81. The summed E-state index contributed by atoms with van der Waals surface area (Å²) < 4.78 is 0. The quantitative estimate of drug-likeness (QED) is 0.784. The number of nitrogens with two attached hydrogens (primary N) is 1. The van der Waals surface area contributed by atoms with Crippen molar-refractivity contribution in [1.82, 2.24) is 0 Å². The Kier molecular flexibility index (Phi) is 5.40. The van der Waals surface area contributed by atoms with E-state index < -0.39 is 0 Å². The first kappa shape index (κ1) is 15.2. The van der Waals surface area contributed by atoms with Crippen LogP contribution >= 0.6 is 0 Å². The van der Waals surface area contributed by atoms with Crippen LogP contribution in [0.1, 0.15) is 58.9 Å². The van der Waals surface area contributed by atoms with Crippen molar-refractivity contribution in [3.63, 3.8) is 0 Å². The van der Waals surface area contributed by atoms with Crippen LogP contribution in [0.25, 0.3) is 0 Å². The van der Waals surface area contributed by atoms with Gasteiger partial charge >= 0.3 is 0 Å². The molecule has 0 aliphatic rings. The first-order valence-corrected chi connectivity index (χ1v) is 7.17. The van der Waals surface area contributed by atoms with Crippen LogP contribution in [0.2, 0.25) is 0 Å². The largest absolute Gasteiger partial charge is 0.325 e. The van der Waals surface area contributed by atoms with Crippen LogP contribution in [0.15, 0.2) is 30.3 Å². The van der Waals surface area contributed by atoms with E-state index in [1.54, 1.807) is 0 Å². The lowest BCUT2D eigenvalue weighted by molar-refractivity contribution is 0.307. The van der Waals surface area contributed by atoms with Crippen molar-refractivity contribution < 1.29 is 0 Å². The maximum atomic E-state index is 6.56. The molecular formula is C17H29N. The highest BCUT2D eigenvalue weighted by Crippen LogP contribution is 2.26. The molecule has 18 heavy (non-hydrogen) atoms. The van der Waals surface area contributed by atoms with Gasteiger partial charge in [0.25, 0.3) is 0 Å². The van der Waals surface area contributed by atoms with E-state index in [-0.39, 0.29) is 5.54 Å². The zero-order valence-electron chi connectivity index (χ0n) is 12.5. The van der Waals surface area contributed by atoms with Crippen molar-refractivity contribution in [3.05, 3.63) is 35.9 Å². The molecule has 1 atom stereocenters. The zero-order valence-corrected chi connectivity index (χ0v) is 12.5. The minimum absolute atomic E-state index is 0.0351. The Bertz CT molecular complexity index is 336. The topological polar surface area (TPSA) is 26.0 Å². The zero-order chi connectivity index (χ0) is 13.6. The van der Waals surface area contributed by atoms with Gasteiger partial charge in [-0.05, 0) is 36.7 Å². The second kappa shape index (κ2) is 6.38. The summed E-state index contributed by atoms with van der Waals surface area (Å²) in [4.78, 5) is 0. The van der Waals surface area contributed by atoms with Gasteiger partial charge < -0.3 is 5.73 Å². The van der Waals surface area contributed by atoms with Gasteiger partial charge in [0.15, 0.2) is 0 Å². The third-order valence-electron chi connectivity index (χ3n) is 3.70. The van der Waals surface area contributed by atoms with Gasteiger partial charge in [-0.15, -0.1) is 0 Å². The van der Waals surface area contributed by atoms with Crippen molar-refractivity contribution in [2.75, 3.05) is 0 Å². The molecule has 0 amide bonds. The summed E-state index contributed by atoms with van der Waals surface area (Å²) in [6, 6.07) is 10.6. The highest BCUT2D eigenvalue weighted by Gasteiger charge is 2.23. The molecule has 0 aromatic heterocycles. The Hall–Kier alpha value is -0.820. The standard InChI is InChI=1S/C17H29N/c1-5-17(18,13-9-12-16(2,3)4)14-15-10-7-6-8-11-15/h6-8,10-11H,5,9,12-14,18H2,1-4H3. The minimum atomic E-state index is -0.0351. The molecule has 0 fully saturated rings. The van der Waals surface area contributed by atoms with Gasteiger partial charge in [-0.1, -0.05) is 64.4 Å². The Morgan fingerprint density at radius 2 is 1.61 bits per heavy atom. The Labute approximate surface area is 113 Å². The van der Waals surface area contributed by atoms with Crippen LogP contribution in [0.5, 0.6) is 0 Å². The third kappa shape index (κ3) is 5.68. The highest BCUT2D eigenvalue weighted by molar-refractivity contribution is 5.17. The normalized spacial score (nSPS) is 15.4. The van der Waals surface area contributed by atoms with E-state index in [4.69, 9.17) is 5.73 Å². The Balaban J connectivity index is 2.52. The monoisotopic (exact) mass is 247 g/mol. The molecule has 0 saturated heterocycles. The molecular weight excluding hydrogens is 218 g/mol. The minimum Gasteiger partial charge on any atom is -0.325 e. The summed E-state index contributed by atoms with van der Waals surface area (Å²) in [6.45, 7) is 9.11. The fraction of sp³-hybridized carbons (Fsp3) is 0.647. The van der Waals surface area contributed by atoms with E-state index in [9.17, 15) is 0 Å². The third-order valence-corrected chi connectivity index (χ3v) is 3.70. The summed E-state index contributed by atoms with van der Waals surface area (Å²) in [5.74, 6) is 0. The smallest absolute Gasteiger partial charge is 0.0192 e. The van der Waals surface area contributed by atoms with Crippen molar-refractivity contribution in [2.24, 2.45) is 11.1 Å². The Morgan fingerprint density at radius 1 is 1.00 bits per heavy atom. The average molecular weight is 247 g/mol. The molecule has 1 aromatic carbocycles. The molecule has 1 heteroatoms. The number of rotatable bonds is 6. The van der Waals surface area contributed by atoms with Crippen molar-refractivity contribution in [3.8, 4) is 0 Å². The van der Waals surface area contributed by atoms with Crippen molar-refractivity contribution in [2.45, 2.75) is 65.3 Å². The molecule has 1 aromatic rings. The van der Waals surface area contributed by atoms with Crippen LogP contribution in [-0.4, -0.2) is 5.54 Å². The van der Waals surface area contributed by atoms with Crippen LogP contribution in [0.3, 0.4) is 0 Å². The molecule has 1 rings (SSSR count). The summed E-state index contributed by atoms with van der Waals surface area (Å²) in [5.41, 5.74) is 8.30. The van der Waals surface area contributed by atoms with Crippen molar-refractivity contribution >= 4 is 0 Å². The number of hydrogen-bond donors (Lipinski definition) is 1. The molecule has 0 saturated carbocycles. The van der Waals surface area contributed by atoms with Gasteiger partial charge in [0.1, 0.15) is 0 Å². The average Bonchev–Trinajstić information content (AvgIpc) is 2.28. The van der Waals surface area contributed by atoms with E-state index in [0.29, 0.717) is 5.41 Å². The molecule has 1 nitrogen and oxygen atoms in total. The predicted molar refractivity (Wildman–Crippen MR) is 80.7 cm³/mol. The van der Waals surface area contributed by atoms with Crippen LogP contribution in [-0.2, 0) is 6.42 Å². The summed E-state index contributed by atoms with van der Waals surface area (Å²) in [5, 5.41) is 0. The predicted octanol–water partition coefficient (Wildman–Crippen LogP) is 4.55. The van der Waals surface area contributed by atoms with Gasteiger partial charge in [-0.3, -0.25) is 0 Å². The molecule has 1 unspecified atom stereocenters. The Morgan fingerprint density at radius 3 is 2.11 bits per heavy atom. The van der Waals surface area contributed by atoms with E-state index in [1.165, 1.54) is 18.4 Å². The molecule has 0 aliphatic carbocycles. The summed E-state index contributed by atoms with van der Waals surface area (Å²) >= 11 is 0. The molecule has 0 spiro atoms. The maximum absolute atomic E-state index is 6.56. The van der Waals surface area contributed by atoms with Gasteiger partial charge in [-0.25, -0.2) is 0 Å². The SMILES string of the molecule is CCC(N)(CCCC(C)(C)C)Cc1ccccc1. The molecule has 2 N–H and O–H groups in total. The fourth-order valence-electron chi connectivity index (χ4n) is 2.36. The second-order valence-corrected chi connectivity index (χ2v) is 6.79.